The number of carbonyl (C=O) groups is 3. The summed E-state index contributed by atoms with van der Waals surface area (Å²) in [5.74, 6) is -1.73. The van der Waals surface area contributed by atoms with Crippen LogP contribution in [-0.2, 0) is 19.1 Å². The summed E-state index contributed by atoms with van der Waals surface area (Å²) in [7, 11) is 0. The molecule has 9 heteroatoms. The van der Waals surface area contributed by atoms with Crippen molar-refractivity contribution < 1.29 is 19.1 Å². The lowest BCUT2D eigenvalue weighted by Crippen LogP contribution is -2.45. The molecule has 7 nitrogen and oxygen atoms in total. The van der Waals surface area contributed by atoms with Gasteiger partial charge in [-0.25, -0.2) is 9.69 Å². The Labute approximate surface area is 147 Å². The number of nitrogens with zero attached hydrogens (tertiary/aromatic N) is 2. The van der Waals surface area contributed by atoms with Crippen LogP contribution in [0.25, 0.3) is 0 Å². The van der Waals surface area contributed by atoms with Gasteiger partial charge in [-0.2, -0.15) is 5.10 Å². The number of ether oxygens (including phenoxy) is 1. The fraction of sp³-hybridized carbons (Fsp3) is 0.333. The van der Waals surface area contributed by atoms with E-state index in [0.717, 1.165) is 4.90 Å². The maximum absolute atomic E-state index is 13.0. The first-order valence-corrected chi connectivity index (χ1v) is 7.96. The number of hydrogen-bond acceptors (Lipinski definition) is 6. The normalized spacial score (nSPS) is 22.8. The summed E-state index contributed by atoms with van der Waals surface area (Å²) >= 11 is 11.9. The number of nitrogens with one attached hydrogen (secondary N) is 1. The van der Waals surface area contributed by atoms with E-state index in [1.165, 1.54) is 18.2 Å². The molecule has 2 heterocycles. The molecule has 0 bridgehead atoms. The summed E-state index contributed by atoms with van der Waals surface area (Å²) in [6.07, 6.45) is -0.180. The summed E-state index contributed by atoms with van der Waals surface area (Å²) in [6.45, 7) is 1.84. The highest BCUT2D eigenvalue weighted by atomic mass is 35.5. The maximum Gasteiger partial charge on any atom is 0.355 e. The average molecular weight is 370 g/mol. The highest BCUT2D eigenvalue weighted by Gasteiger charge is 2.59. The summed E-state index contributed by atoms with van der Waals surface area (Å²) in [6, 6.07) is 4.42. The summed E-state index contributed by atoms with van der Waals surface area (Å²) in [5.41, 5.74) is 1.44. The molecule has 1 fully saturated rings. The van der Waals surface area contributed by atoms with E-state index >= 15 is 0 Å². The van der Waals surface area contributed by atoms with Gasteiger partial charge >= 0.3 is 5.97 Å². The zero-order chi connectivity index (χ0) is 17.5. The number of rotatable bonds is 3. The predicted octanol–water partition coefficient (Wildman–Crippen LogP) is 1.77. The van der Waals surface area contributed by atoms with Crippen LogP contribution in [-0.4, -0.2) is 36.6 Å². The van der Waals surface area contributed by atoms with Crippen LogP contribution in [0.3, 0.4) is 0 Å². The molecular formula is C15H13Cl2N3O4. The van der Waals surface area contributed by atoms with Crippen molar-refractivity contribution in [2.75, 3.05) is 18.1 Å². The quantitative estimate of drug-likeness (QED) is 0.647. The highest BCUT2D eigenvalue weighted by Crippen LogP contribution is 2.40. The first-order chi connectivity index (χ1) is 11.4. The number of esters is 1. The minimum absolute atomic E-state index is 0.0521. The molecule has 3 rings (SSSR count). The van der Waals surface area contributed by atoms with Crippen molar-refractivity contribution >= 4 is 52.4 Å². The maximum atomic E-state index is 13.0. The standard InChI is InChI=1S/C15H13Cl2N3O4/c1-2-24-13(22)12-15(7-18-19-12)6-11(21)20(14(15)23)10-4-8(16)3-9(17)5-10/h3-5,18H,2,6-7H2,1H3. The van der Waals surface area contributed by atoms with Gasteiger partial charge in [0, 0.05) is 16.5 Å². The molecule has 24 heavy (non-hydrogen) atoms. The lowest BCUT2D eigenvalue weighted by atomic mass is 9.81. The second-order valence-electron chi connectivity index (χ2n) is 5.44. The molecular weight excluding hydrogens is 357 g/mol. The van der Waals surface area contributed by atoms with Crippen LogP contribution in [0, 0.1) is 5.41 Å². The molecule has 126 valence electrons. The van der Waals surface area contributed by atoms with E-state index < -0.39 is 23.2 Å². The summed E-state index contributed by atoms with van der Waals surface area (Å²) in [5, 5.41) is 4.47. The largest absolute Gasteiger partial charge is 0.461 e. The van der Waals surface area contributed by atoms with E-state index in [0.29, 0.717) is 10.0 Å². The Balaban J connectivity index is 2.00. The molecule has 0 aliphatic carbocycles. The number of benzene rings is 1. The molecule has 0 radical (unpaired) electrons. The Morgan fingerprint density at radius 1 is 1.33 bits per heavy atom. The SMILES string of the molecule is CCOC(=O)C1=NNCC12CC(=O)N(c1cc(Cl)cc(Cl)c1)C2=O. The third-order valence-electron chi connectivity index (χ3n) is 3.91. The third kappa shape index (κ3) is 2.53. The highest BCUT2D eigenvalue weighted by molar-refractivity contribution is 6.47. The van der Waals surface area contributed by atoms with E-state index in [-0.39, 0.29) is 31.0 Å². The van der Waals surface area contributed by atoms with Crippen molar-refractivity contribution in [1.29, 1.82) is 0 Å². The average Bonchev–Trinajstić information content (AvgIpc) is 3.01. The summed E-state index contributed by atoms with van der Waals surface area (Å²) in [4.78, 5) is 38.5. The molecule has 2 aliphatic heterocycles. The van der Waals surface area contributed by atoms with Crippen LogP contribution >= 0.6 is 23.2 Å². The van der Waals surface area contributed by atoms with Gasteiger partial charge in [0.15, 0.2) is 5.71 Å². The lowest BCUT2D eigenvalue weighted by molar-refractivity contribution is -0.136. The third-order valence-corrected chi connectivity index (χ3v) is 4.35. The van der Waals surface area contributed by atoms with E-state index in [1.54, 1.807) is 6.92 Å². The molecule has 1 unspecified atom stereocenters. The Hall–Kier alpha value is -2.12. The molecule has 0 saturated carbocycles. The first kappa shape index (κ1) is 16.7. The Morgan fingerprint density at radius 3 is 2.62 bits per heavy atom. The van der Waals surface area contributed by atoms with E-state index in [4.69, 9.17) is 27.9 Å². The van der Waals surface area contributed by atoms with Crippen LogP contribution in [0.1, 0.15) is 13.3 Å². The van der Waals surface area contributed by atoms with Crippen molar-refractivity contribution in [1.82, 2.24) is 5.43 Å². The molecule has 1 aromatic rings. The van der Waals surface area contributed by atoms with Crippen LogP contribution < -0.4 is 10.3 Å². The van der Waals surface area contributed by atoms with Crippen molar-refractivity contribution in [3.63, 3.8) is 0 Å². The Morgan fingerprint density at radius 2 is 2.00 bits per heavy atom. The smallest absolute Gasteiger partial charge is 0.355 e. The summed E-state index contributed by atoms with van der Waals surface area (Å²) < 4.78 is 4.94. The van der Waals surface area contributed by atoms with Crippen LogP contribution in [0.15, 0.2) is 23.3 Å². The fourth-order valence-electron chi connectivity index (χ4n) is 2.88. The molecule has 1 spiro atoms. The zero-order valence-corrected chi connectivity index (χ0v) is 14.1. The molecule has 1 saturated heterocycles. The van der Waals surface area contributed by atoms with Gasteiger partial charge in [0.05, 0.1) is 18.8 Å². The Kier molecular flexibility index (Phi) is 4.23. The van der Waals surface area contributed by atoms with Gasteiger partial charge < -0.3 is 10.2 Å². The molecule has 1 N–H and O–H groups in total. The monoisotopic (exact) mass is 369 g/mol. The molecule has 1 aromatic carbocycles. The number of carbonyl (C=O) groups excluding carboxylic acids is 3. The van der Waals surface area contributed by atoms with Gasteiger partial charge in [0.25, 0.3) is 0 Å². The van der Waals surface area contributed by atoms with Crippen LogP contribution in [0.5, 0.6) is 0 Å². The second-order valence-corrected chi connectivity index (χ2v) is 6.31. The van der Waals surface area contributed by atoms with Gasteiger partial charge in [0.2, 0.25) is 11.8 Å². The van der Waals surface area contributed by atoms with Crippen molar-refractivity contribution in [2.45, 2.75) is 13.3 Å². The van der Waals surface area contributed by atoms with Gasteiger partial charge in [0.1, 0.15) is 5.41 Å². The number of amides is 2. The number of hydrazone groups is 1. The lowest BCUT2D eigenvalue weighted by Gasteiger charge is -2.21. The van der Waals surface area contributed by atoms with E-state index in [2.05, 4.69) is 10.5 Å². The van der Waals surface area contributed by atoms with Crippen molar-refractivity contribution in [3.05, 3.63) is 28.2 Å². The van der Waals surface area contributed by atoms with Gasteiger partial charge in [-0.3, -0.25) is 9.59 Å². The molecule has 2 amide bonds. The number of hydrogen-bond donors (Lipinski definition) is 1. The minimum Gasteiger partial charge on any atom is -0.461 e. The van der Waals surface area contributed by atoms with E-state index in [9.17, 15) is 14.4 Å². The van der Waals surface area contributed by atoms with Gasteiger partial charge in [-0.15, -0.1) is 0 Å². The van der Waals surface area contributed by atoms with Crippen LogP contribution in [0.2, 0.25) is 10.0 Å². The number of imide groups is 1. The second kappa shape index (κ2) is 6.07. The predicted molar refractivity (Wildman–Crippen MR) is 88.1 cm³/mol. The van der Waals surface area contributed by atoms with Crippen molar-refractivity contribution in [2.24, 2.45) is 10.5 Å². The van der Waals surface area contributed by atoms with Gasteiger partial charge in [-0.1, -0.05) is 23.2 Å². The number of anilines is 1. The van der Waals surface area contributed by atoms with Gasteiger partial charge in [-0.05, 0) is 25.1 Å². The fourth-order valence-corrected chi connectivity index (χ4v) is 3.39. The molecule has 2 aliphatic rings. The van der Waals surface area contributed by atoms with Crippen LogP contribution in [0.4, 0.5) is 5.69 Å². The number of halogens is 2. The topological polar surface area (TPSA) is 88.1 Å². The first-order valence-electron chi connectivity index (χ1n) is 7.20. The van der Waals surface area contributed by atoms with E-state index in [1.807, 2.05) is 0 Å². The van der Waals surface area contributed by atoms with Crippen molar-refractivity contribution in [3.8, 4) is 0 Å². The Bertz CT molecular complexity index is 760. The minimum atomic E-state index is -1.36. The molecule has 0 aromatic heterocycles. The molecule has 1 atom stereocenters. The zero-order valence-electron chi connectivity index (χ0n) is 12.6.